The SMILES string of the molecule is COC(=O)C(CCCN(C)CCc1ccc(OC)c(OC)c1)(C(=O)OC)c1ccc(OC)c(OC)c1. The zero-order chi connectivity index (χ0) is 26.7. The van der Waals surface area contributed by atoms with Crippen molar-refractivity contribution in [3.63, 3.8) is 0 Å². The Morgan fingerprint density at radius 2 is 1.25 bits per heavy atom. The molecule has 0 N–H and O–H groups in total. The van der Waals surface area contributed by atoms with Crippen LogP contribution in [-0.4, -0.2) is 79.6 Å². The zero-order valence-corrected chi connectivity index (χ0v) is 22.2. The van der Waals surface area contributed by atoms with Crippen molar-refractivity contribution >= 4 is 11.9 Å². The molecule has 0 spiro atoms. The third-order valence-corrected chi connectivity index (χ3v) is 6.27. The molecule has 0 aromatic heterocycles. The van der Waals surface area contributed by atoms with Crippen LogP contribution in [0.4, 0.5) is 0 Å². The lowest BCUT2D eigenvalue weighted by molar-refractivity contribution is -0.162. The Hall–Kier alpha value is -3.46. The van der Waals surface area contributed by atoms with Crippen molar-refractivity contribution in [2.24, 2.45) is 0 Å². The van der Waals surface area contributed by atoms with Gasteiger partial charge in [0.1, 0.15) is 0 Å². The average molecular weight is 504 g/mol. The first-order valence-corrected chi connectivity index (χ1v) is 11.6. The largest absolute Gasteiger partial charge is 0.493 e. The number of benzene rings is 2. The number of ether oxygens (including phenoxy) is 6. The summed E-state index contributed by atoms with van der Waals surface area (Å²) in [5.41, 5.74) is -0.0946. The van der Waals surface area contributed by atoms with Crippen molar-refractivity contribution in [1.82, 2.24) is 4.90 Å². The molecule has 2 aromatic rings. The quantitative estimate of drug-likeness (QED) is 0.284. The first kappa shape index (κ1) is 28.8. The number of carbonyl (C=O) groups is 2. The van der Waals surface area contributed by atoms with E-state index in [9.17, 15) is 9.59 Å². The van der Waals surface area contributed by atoms with Gasteiger partial charge in [-0.1, -0.05) is 12.1 Å². The number of carbonyl (C=O) groups excluding carboxylic acids is 2. The van der Waals surface area contributed by atoms with Crippen LogP contribution in [0.3, 0.4) is 0 Å². The lowest BCUT2D eigenvalue weighted by Crippen LogP contribution is -2.46. The van der Waals surface area contributed by atoms with Gasteiger partial charge in [-0.05, 0) is 68.2 Å². The van der Waals surface area contributed by atoms with Crippen molar-refractivity contribution in [3.05, 3.63) is 47.5 Å². The van der Waals surface area contributed by atoms with Gasteiger partial charge in [0.15, 0.2) is 28.4 Å². The molecule has 9 heteroatoms. The Balaban J connectivity index is 2.18. The molecule has 0 unspecified atom stereocenters. The molecule has 2 rings (SSSR count). The fraction of sp³-hybridized carbons (Fsp3) is 0.481. The maximum atomic E-state index is 13.1. The molecule has 2 aromatic carbocycles. The summed E-state index contributed by atoms with van der Waals surface area (Å²) in [6.45, 7) is 1.42. The predicted molar refractivity (Wildman–Crippen MR) is 135 cm³/mol. The first-order valence-electron chi connectivity index (χ1n) is 11.6. The molecule has 0 heterocycles. The Bertz CT molecular complexity index is 1010. The Morgan fingerprint density at radius 3 is 1.78 bits per heavy atom. The molecular weight excluding hydrogens is 466 g/mol. The molecule has 0 radical (unpaired) electrons. The molecule has 9 nitrogen and oxygen atoms in total. The molecule has 0 saturated heterocycles. The lowest BCUT2D eigenvalue weighted by atomic mass is 9.76. The minimum Gasteiger partial charge on any atom is -0.493 e. The van der Waals surface area contributed by atoms with Crippen LogP contribution in [0.5, 0.6) is 23.0 Å². The minimum absolute atomic E-state index is 0.197. The number of hydrogen-bond donors (Lipinski definition) is 0. The van der Waals surface area contributed by atoms with E-state index in [1.165, 1.54) is 28.4 Å². The smallest absolute Gasteiger partial charge is 0.327 e. The topological polar surface area (TPSA) is 92.8 Å². The van der Waals surface area contributed by atoms with Gasteiger partial charge in [0.2, 0.25) is 0 Å². The molecule has 0 saturated carbocycles. The van der Waals surface area contributed by atoms with Gasteiger partial charge in [0, 0.05) is 6.54 Å². The Kier molecular flexibility index (Phi) is 10.9. The van der Waals surface area contributed by atoms with E-state index < -0.39 is 17.4 Å². The Morgan fingerprint density at radius 1 is 0.722 bits per heavy atom. The number of hydrogen-bond acceptors (Lipinski definition) is 9. The van der Waals surface area contributed by atoms with Crippen LogP contribution in [0, 0.1) is 0 Å². The molecule has 0 aliphatic rings. The van der Waals surface area contributed by atoms with Crippen LogP contribution in [0.25, 0.3) is 0 Å². The van der Waals surface area contributed by atoms with Crippen LogP contribution < -0.4 is 18.9 Å². The summed E-state index contributed by atoms with van der Waals surface area (Å²) in [7, 11) is 10.7. The number of methoxy groups -OCH3 is 6. The van der Waals surface area contributed by atoms with Crippen molar-refractivity contribution in [2.45, 2.75) is 24.7 Å². The van der Waals surface area contributed by atoms with E-state index >= 15 is 0 Å². The van der Waals surface area contributed by atoms with Crippen LogP contribution in [0.1, 0.15) is 24.0 Å². The van der Waals surface area contributed by atoms with E-state index in [0.29, 0.717) is 41.5 Å². The zero-order valence-electron chi connectivity index (χ0n) is 22.2. The highest BCUT2D eigenvalue weighted by molar-refractivity contribution is 6.06. The lowest BCUT2D eigenvalue weighted by Gasteiger charge is -2.30. The second-order valence-electron chi connectivity index (χ2n) is 8.30. The fourth-order valence-corrected chi connectivity index (χ4v) is 4.20. The summed E-state index contributed by atoms with van der Waals surface area (Å²) in [4.78, 5) is 28.3. The molecule has 0 bridgehead atoms. The van der Waals surface area contributed by atoms with Gasteiger partial charge in [-0.2, -0.15) is 0 Å². The average Bonchev–Trinajstić information content (AvgIpc) is 2.92. The highest BCUT2D eigenvalue weighted by Gasteiger charge is 2.50. The number of esters is 2. The maximum absolute atomic E-state index is 13.1. The minimum atomic E-state index is -1.63. The van der Waals surface area contributed by atoms with Crippen LogP contribution in [0.15, 0.2) is 36.4 Å². The van der Waals surface area contributed by atoms with Crippen LogP contribution in [-0.2, 0) is 30.9 Å². The van der Waals surface area contributed by atoms with E-state index in [-0.39, 0.29) is 6.42 Å². The van der Waals surface area contributed by atoms with Crippen LogP contribution >= 0.6 is 0 Å². The van der Waals surface area contributed by atoms with Gasteiger partial charge in [-0.3, -0.25) is 9.59 Å². The second-order valence-corrected chi connectivity index (χ2v) is 8.30. The third kappa shape index (κ3) is 6.40. The molecule has 198 valence electrons. The van der Waals surface area contributed by atoms with Crippen LogP contribution in [0.2, 0.25) is 0 Å². The summed E-state index contributed by atoms with van der Waals surface area (Å²) in [5.74, 6) is 0.892. The van der Waals surface area contributed by atoms with E-state index in [2.05, 4.69) is 4.90 Å². The summed E-state index contributed by atoms with van der Waals surface area (Å²) >= 11 is 0. The van der Waals surface area contributed by atoms with Gasteiger partial charge in [0.25, 0.3) is 0 Å². The van der Waals surface area contributed by atoms with Crippen molar-refractivity contribution in [1.29, 1.82) is 0 Å². The molecular formula is C27H37NO8. The second kappa shape index (κ2) is 13.6. The summed E-state index contributed by atoms with van der Waals surface area (Å²) in [5, 5.41) is 0. The molecule has 0 atom stereocenters. The van der Waals surface area contributed by atoms with E-state index in [4.69, 9.17) is 28.4 Å². The van der Waals surface area contributed by atoms with E-state index in [1.54, 1.807) is 32.4 Å². The monoisotopic (exact) mass is 503 g/mol. The van der Waals surface area contributed by atoms with Gasteiger partial charge in [-0.25, -0.2) is 0 Å². The summed E-state index contributed by atoms with van der Waals surface area (Å²) in [6.07, 6.45) is 1.54. The third-order valence-electron chi connectivity index (χ3n) is 6.27. The van der Waals surface area contributed by atoms with Crippen molar-refractivity contribution in [3.8, 4) is 23.0 Å². The molecule has 0 aliphatic carbocycles. The molecule has 36 heavy (non-hydrogen) atoms. The van der Waals surface area contributed by atoms with Crippen molar-refractivity contribution < 1.29 is 38.0 Å². The highest BCUT2D eigenvalue weighted by Crippen LogP contribution is 2.38. The number of nitrogens with zero attached hydrogens (tertiary/aromatic N) is 1. The fourth-order valence-electron chi connectivity index (χ4n) is 4.20. The Labute approximate surface area is 213 Å². The highest BCUT2D eigenvalue weighted by atomic mass is 16.5. The number of rotatable bonds is 14. The van der Waals surface area contributed by atoms with Gasteiger partial charge in [0.05, 0.1) is 42.7 Å². The first-order chi connectivity index (χ1) is 17.3. The van der Waals surface area contributed by atoms with Gasteiger partial charge >= 0.3 is 11.9 Å². The van der Waals surface area contributed by atoms with Gasteiger partial charge in [-0.15, -0.1) is 0 Å². The molecule has 0 amide bonds. The predicted octanol–water partition coefficient (Wildman–Crippen LogP) is 3.26. The van der Waals surface area contributed by atoms with E-state index in [0.717, 1.165) is 18.5 Å². The summed E-state index contributed by atoms with van der Waals surface area (Å²) < 4.78 is 31.5. The molecule has 0 aliphatic heterocycles. The van der Waals surface area contributed by atoms with Crippen molar-refractivity contribution in [2.75, 3.05) is 62.8 Å². The number of likely N-dealkylation sites (N-methyl/N-ethyl adjacent to an activating group) is 1. The van der Waals surface area contributed by atoms with Gasteiger partial charge < -0.3 is 33.3 Å². The maximum Gasteiger partial charge on any atom is 0.327 e. The summed E-state index contributed by atoms with van der Waals surface area (Å²) in [6, 6.07) is 10.8. The molecule has 0 fully saturated rings. The van der Waals surface area contributed by atoms with E-state index in [1.807, 2.05) is 25.2 Å². The normalized spacial score (nSPS) is 11.1. The standard InChI is InChI=1S/C27H37NO8/c1-28(16-13-19-9-11-21(31-2)23(17-19)33-4)15-8-14-27(25(29)35-6,26(30)36-7)20-10-12-22(32-3)24(18-20)34-5/h9-12,17-18H,8,13-16H2,1-7H3.